The van der Waals surface area contributed by atoms with Gasteiger partial charge in [0.2, 0.25) is 0 Å². The Balaban J connectivity index is 0.00000144. The number of aliphatic imine (C=N–C) groups is 1. The lowest BCUT2D eigenvalue weighted by molar-refractivity contribution is 0.420. The van der Waals surface area contributed by atoms with E-state index in [4.69, 9.17) is 5.73 Å². The number of hydrogen-bond acceptors (Lipinski definition) is 1. The molecule has 0 aromatic heterocycles. The van der Waals surface area contributed by atoms with Crippen molar-refractivity contribution in [2.75, 3.05) is 5.32 Å². The molecule has 0 spiro atoms. The molecule has 1 aliphatic rings. The summed E-state index contributed by atoms with van der Waals surface area (Å²) < 4.78 is 0. The van der Waals surface area contributed by atoms with E-state index < -0.39 is 0 Å². The van der Waals surface area contributed by atoms with Crippen LogP contribution < -0.4 is 11.1 Å². The van der Waals surface area contributed by atoms with Crippen LogP contribution in [-0.2, 0) is 0 Å². The fourth-order valence-corrected chi connectivity index (χ4v) is 1.94. The molecule has 0 radical (unpaired) electrons. The zero-order valence-corrected chi connectivity index (χ0v) is 12.7. The standard InChI is InChI=1S/C13H19N3.HI/c1-9-6-10(2)8-12(7-9)16-13(14)15-11-4-3-5-11;/h6-8,11H,3-5H2,1-2H3,(H3,14,15,16);1H. The Morgan fingerprint density at radius 3 is 2.29 bits per heavy atom. The molecule has 1 aromatic rings. The molecule has 1 aromatic carbocycles. The lowest BCUT2D eigenvalue weighted by atomic mass is 9.94. The van der Waals surface area contributed by atoms with Crippen LogP contribution in [-0.4, -0.2) is 12.0 Å². The topological polar surface area (TPSA) is 50.4 Å². The second kappa shape index (κ2) is 6.23. The second-order valence-corrected chi connectivity index (χ2v) is 4.60. The first kappa shape index (κ1) is 14.3. The highest BCUT2D eigenvalue weighted by Gasteiger charge is 2.16. The number of nitrogens with one attached hydrogen (secondary N) is 1. The van der Waals surface area contributed by atoms with Crippen LogP contribution in [0.2, 0.25) is 0 Å². The summed E-state index contributed by atoms with van der Waals surface area (Å²) in [6.45, 7) is 4.16. The summed E-state index contributed by atoms with van der Waals surface area (Å²) in [4.78, 5) is 4.42. The van der Waals surface area contributed by atoms with Crippen molar-refractivity contribution in [1.82, 2.24) is 0 Å². The van der Waals surface area contributed by atoms with E-state index in [2.05, 4.69) is 42.4 Å². The van der Waals surface area contributed by atoms with Crippen LogP contribution >= 0.6 is 24.0 Å². The van der Waals surface area contributed by atoms with E-state index in [1.165, 1.54) is 30.4 Å². The van der Waals surface area contributed by atoms with Gasteiger partial charge in [0.05, 0.1) is 6.04 Å². The van der Waals surface area contributed by atoms with E-state index >= 15 is 0 Å². The quantitative estimate of drug-likeness (QED) is 0.491. The average Bonchev–Trinajstić information content (AvgIpc) is 2.09. The molecule has 3 N–H and O–H groups in total. The molecule has 0 heterocycles. The molecule has 17 heavy (non-hydrogen) atoms. The maximum absolute atomic E-state index is 5.86. The molecule has 0 aliphatic heterocycles. The third kappa shape index (κ3) is 4.18. The van der Waals surface area contributed by atoms with Gasteiger partial charge in [-0.25, -0.2) is 4.99 Å². The fraction of sp³-hybridized carbons (Fsp3) is 0.462. The zero-order valence-electron chi connectivity index (χ0n) is 10.4. The van der Waals surface area contributed by atoms with Crippen LogP contribution in [0.5, 0.6) is 0 Å². The summed E-state index contributed by atoms with van der Waals surface area (Å²) >= 11 is 0. The number of hydrogen-bond donors (Lipinski definition) is 2. The molecule has 0 saturated heterocycles. The van der Waals surface area contributed by atoms with Crippen molar-refractivity contribution in [3.63, 3.8) is 0 Å². The van der Waals surface area contributed by atoms with Gasteiger partial charge in [-0.3, -0.25) is 0 Å². The highest BCUT2D eigenvalue weighted by molar-refractivity contribution is 14.0. The monoisotopic (exact) mass is 345 g/mol. The molecule has 1 aliphatic carbocycles. The van der Waals surface area contributed by atoms with Gasteiger partial charge in [-0.05, 0) is 56.4 Å². The number of aryl methyl sites for hydroxylation is 2. The summed E-state index contributed by atoms with van der Waals surface area (Å²) in [5, 5.41) is 3.15. The van der Waals surface area contributed by atoms with Crippen molar-refractivity contribution in [2.45, 2.75) is 39.2 Å². The van der Waals surface area contributed by atoms with Gasteiger partial charge in [-0.15, -0.1) is 24.0 Å². The molecule has 0 amide bonds. The predicted octanol–water partition coefficient (Wildman–Crippen LogP) is 3.20. The first-order chi connectivity index (χ1) is 7.63. The number of halogens is 1. The molecule has 94 valence electrons. The number of benzene rings is 1. The summed E-state index contributed by atoms with van der Waals surface area (Å²) in [5.74, 6) is 0.537. The van der Waals surface area contributed by atoms with Crippen LogP contribution in [0.1, 0.15) is 30.4 Å². The van der Waals surface area contributed by atoms with Crippen LogP contribution in [0.15, 0.2) is 23.2 Å². The molecule has 0 bridgehead atoms. The Morgan fingerprint density at radius 2 is 1.82 bits per heavy atom. The average molecular weight is 345 g/mol. The maximum atomic E-state index is 5.86. The van der Waals surface area contributed by atoms with Gasteiger partial charge in [0, 0.05) is 5.69 Å². The number of rotatable bonds is 2. The third-order valence-corrected chi connectivity index (χ3v) is 2.89. The van der Waals surface area contributed by atoms with Crippen molar-refractivity contribution in [1.29, 1.82) is 0 Å². The smallest absolute Gasteiger partial charge is 0.193 e. The first-order valence-electron chi connectivity index (χ1n) is 5.82. The van der Waals surface area contributed by atoms with Gasteiger partial charge in [-0.2, -0.15) is 0 Å². The van der Waals surface area contributed by atoms with Crippen LogP contribution in [0.3, 0.4) is 0 Å². The van der Waals surface area contributed by atoms with Gasteiger partial charge < -0.3 is 11.1 Å². The van der Waals surface area contributed by atoms with E-state index in [1.54, 1.807) is 0 Å². The minimum absolute atomic E-state index is 0. The Labute approximate surface area is 120 Å². The molecule has 0 unspecified atom stereocenters. The molecule has 1 fully saturated rings. The van der Waals surface area contributed by atoms with Crippen LogP contribution in [0, 0.1) is 13.8 Å². The highest BCUT2D eigenvalue weighted by atomic mass is 127. The van der Waals surface area contributed by atoms with Gasteiger partial charge in [0.15, 0.2) is 5.96 Å². The summed E-state index contributed by atoms with van der Waals surface area (Å²) in [6.07, 6.45) is 3.63. The third-order valence-electron chi connectivity index (χ3n) is 2.89. The van der Waals surface area contributed by atoms with Crippen LogP contribution in [0.25, 0.3) is 0 Å². The van der Waals surface area contributed by atoms with E-state index in [9.17, 15) is 0 Å². The van der Waals surface area contributed by atoms with Crippen molar-refractivity contribution in [3.8, 4) is 0 Å². The van der Waals surface area contributed by atoms with Gasteiger partial charge in [0.25, 0.3) is 0 Å². The number of anilines is 1. The molecule has 4 heteroatoms. The van der Waals surface area contributed by atoms with Gasteiger partial charge >= 0.3 is 0 Å². The van der Waals surface area contributed by atoms with Crippen molar-refractivity contribution < 1.29 is 0 Å². The van der Waals surface area contributed by atoms with Gasteiger partial charge in [-0.1, -0.05) is 6.07 Å². The largest absolute Gasteiger partial charge is 0.370 e. The van der Waals surface area contributed by atoms with Crippen molar-refractivity contribution in [2.24, 2.45) is 10.7 Å². The SMILES string of the molecule is Cc1cc(C)cc(NC(N)=NC2CCC2)c1.I. The molecule has 1 saturated carbocycles. The molecule has 0 atom stereocenters. The predicted molar refractivity (Wildman–Crippen MR) is 84.2 cm³/mol. The van der Waals surface area contributed by atoms with E-state index in [0.717, 1.165) is 5.69 Å². The second-order valence-electron chi connectivity index (χ2n) is 4.60. The fourth-order valence-electron chi connectivity index (χ4n) is 1.94. The molecular weight excluding hydrogens is 325 g/mol. The van der Waals surface area contributed by atoms with Crippen molar-refractivity contribution in [3.05, 3.63) is 29.3 Å². The Kier molecular flexibility index (Phi) is 5.24. The minimum atomic E-state index is 0. The van der Waals surface area contributed by atoms with E-state index in [0.29, 0.717) is 12.0 Å². The van der Waals surface area contributed by atoms with E-state index in [-0.39, 0.29) is 24.0 Å². The Morgan fingerprint density at radius 1 is 1.24 bits per heavy atom. The lowest BCUT2D eigenvalue weighted by Crippen LogP contribution is -2.27. The minimum Gasteiger partial charge on any atom is -0.370 e. The number of nitrogens with two attached hydrogens (primary N) is 1. The van der Waals surface area contributed by atoms with E-state index in [1.807, 2.05) is 0 Å². The zero-order chi connectivity index (χ0) is 11.5. The normalized spacial score (nSPS) is 16.0. The molecular formula is C13H20IN3. The molecule has 3 nitrogen and oxygen atoms in total. The number of guanidine groups is 1. The summed E-state index contributed by atoms with van der Waals surface area (Å²) in [7, 11) is 0. The highest BCUT2D eigenvalue weighted by Crippen LogP contribution is 2.22. The Hall–Kier alpha value is -0.780. The van der Waals surface area contributed by atoms with Crippen LogP contribution in [0.4, 0.5) is 5.69 Å². The van der Waals surface area contributed by atoms with Crippen molar-refractivity contribution >= 4 is 35.6 Å². The number of nitrogens with zero attached hydrogens (tertiary/aromatic N) is 1. The summed E-state index contributed by atoms with van der Waals surface area (Å²) in [6, 6.07) is 6.75. The maximum Gasteiger partial charge on any atom is 0.193 e. The van der Waals surface area contributed by atoms with Gasteiger partial charge in [0.1, 0.15) is 0 Å². The first-order valence-corrected chi connectivity index (χ1v) is 5.82. The molecule has 2 rings (SSSR count). The summed E-state index contributed by atoms with van der Waals surface area (Å²) in [5.41, 5.74) is 9.35. The lowest BCUT2D eigenvalue weighted by Gasteiger charge is -2.21. The Bertz CT molecular complexity index is 391.